The number of ether oxygens (including phenoxy) is 1. The maximum absolute atomic E-state index is 14.2. The number of hydrogen-bond donors (Lipinski definition) is 2. The number of benzene rings is 2. The van der Waals surface area contributed by atoms with Crippen LogP contribution >= 0.6 is 0 Å². The summed E-state index contributed by atoms with van der Waals surface area (Å²) in [5, 5.41) is 8.84. The second-order valence-corrected chi connectivity index (χ2v) is 10.7. The molecule has 0 unspecified atom stereocenters. The van der Waals surface area contributed by atoms with E-state index in [0.717, 1.165) is 23.6 Å². The third kappa shape index (κ3) is 5.51. The molecule has 0 atom stereocenters. The predicted octanol–water partition coefficient (Wildman–Crippen LogP) is 6.08. The van der Waals surface area contributed by atoms with E-state index >= 15 is 0 Å². The normalized spacial score (nSPS) is 18.0. The predicted molar refractivity (Wildman–Crippen MR) is 135 cm³/mol. The van der Waals surface area contributed by atoms with E-state index in [4.69, 9.17) is 9.84 Å². The molecular weight excluding hydrogens is 483 g/mol. The number of nitrogens with zero attached hydrogens (tertiary/aromatic N) is 1. The molecule has 7 nitrogen and oxygen atoms in total. The summed E-state index contributed by atoms with van der Waals surface area (Å²) in [6.45, 7) is 2.25. The highest BCUT2D eigenvalue weighted by Crippen LogP contribution is 2.37. The van der Waals surface area contributed by atoms with E-state index in [0.29, 0.717) is 11.5 Å². The van der Waals surface area contributed by atoms with Gasteiger partial charge in [0, 0.05) is 12.3 Å². The number of pyridine rings is 1. The number of carboxylic acids is 1. The quantitative estimate of drug-likeness (QED) is 0.379. The van der Waals surface area contributed by atoms with Crippen LogP contribution in [0.4, 0.5) is 10.1 Å². The van der Waals surface area contributed by atoms with Crippen LogP contribution in [0.15, 0.2) is 59.8 Å². The molecule has 1 aliphatic carbocycles. The molecule has 1 fully saturated rings. The first-order chi connectivity index (χ1) is 17.2. The molecule has 3 aromatic rings. The van der Waals surface area contributed by atoms with Crippen LogP contribution in [-0.2, 0) is 10.0 Å². The fourth-order valence-corrected chi connectivity index (χ4v) is 5.79. The molecule has 1 aromatic heterocycles. The third-order valence-electron chi connectivity index (χ3n) is 6.91. The van der Waals surface area contributed by atoms with Gasteiger partial charge in [0.15, 0.2) is 5.03 Å². The van der Waals surface area contributed by atoms with E-state index in [-0.39, 0.29) is 16.5 Å². The first-order valence-electron chi connectivity index (χ1n) is 11.9. The summed E-state index contributed by atoms with van der Waals surface area (Å²) < 4.78 is 47.6. The zero-order chi connectivity index (χ0) is 25.9. The van der Waals surface area contributed by atoms with E-state index in [2.05, 4.69) is 28.8 Å². The summed E-state index contributed by atoms with van der Waals surface area (Å²) in [6, 6.07) is 13.1. The number of anilines is 1. The van der Waals surface area contributed by atoms with E-state index in [9.17, 15) is 17.6 Å². The molecule has 2 aromatic carbocycles. The Morgan fingerprint density at radius 3 is 2.39 bits per heavy atom. The number of sulfonamides is 1. The summed E-state index contributed by atoms with van der Waals surface area (Å²) in [5.74, 6) is -1.32. The molecule has 0 radical (unpaired) electrons. The van der Waals surface area contributed by atoms with Gasteiger partial charge in [-0.3, -0.25) is 4.72 Å². The molecule has 0 bridgehead atoms. The molecule has 9 heteroatoms. The molecule has 1 heterocycles. The van der Waals surface area contributed by atoms with E-state index in [1.54, 1.807) is 6.07 Å². The number of aromatic carboxylic acids is 1. The molecule has 0 saturated heterocycles. The SMILES string of the molecule is CCC1CCC(c2ccc(-c3ccnc(S(=O)(=O)Nc4cc(F)c(C(=O)O)cc4OC)c3)cc2)CC1. The number of carbonyl (C=O) groups is 1. The first kappa shape index (κ1) is 25.6. The second kappa shape index (κ2) is 10.7. The molecule has 1 saturated carbocycles. The van der Waals surface area contributed by atoms with Crippen molar-refractivity contribution in [1.29, 1.82) is 0 Å². The van der Waals surface area contributed by atoms with Gasteiger partial charge < -0.3 is 9.84 Å². The van der Waals surface area contributed by atoms with Crippen LogP contribution in [0.2, 0.25) is 0 Å². The molecule has 2 N–H and O–H groups in total. The zero-order valence-electron chi connectivity index (χ0n) is 20.2. The Morgan fingerprint density at radius 1 is 1.08 bits per heavy atom. The van der Waals surface area contributed by atoms with Crippen molar-refractivity contribution in [3.05, 3.63) is 71.7 Å². The van der Waals surface area contributed by atoms with Crippen molar-refractivity contribution < 1.29 is 27.4 Å². The molecule has 0 amide bonds. The summed E-state index contributed by atoms with van der Waals surface area (Å²) in [4.78, 5) is 15.2. The standard InChI is InChI=1S/C27H29FN2O5S/c1-3-17-4-6-18(7-5-17)19-8-10-20(11-9-19)21-12-13-29-26(14-21)36(33,34)30-24-16-23(28)22(27(31)32)15-25(24)35-2/h8-18,30H,3-7H2,1-2H3,(H,31,32). The van der Waals surface area contributed by atoms with Gasteiger partial charge in [-0.2, -0.15) is 8.42 Å². The van der Waals surface area contributed by atoms with Crippen LogP contribution in [-0.4, -0.2) is 31.6 Å². The number of methoxy groups -OCH3 is 1. The average molecular weight is 513 g/mol. The zero-order valence-corrected chi connectivity index (χ0v) is 21.0. The topological polar surface area (TPSA) is 106 Å². The van der Waals surface area contributed by atoms with Crippen molar-refractivity contribution in [1.82, 2.24) is 4.98 Å². The van der Waals surface area contributed by atoms with Gasteiger partial charge in [-0.15, -0.1) is 0 Å². The minimum atomic E-state index is -4.21. The lowest BCUT2D eigenvalue weighted by Gasteiger charge is -2.28. The van der Waals surface area contributed by atoms with Crippen molar-refractivity contribution in [3.63, 3.8) is 0 Å². The van der Waals surface area contributed by atoms with Gasteiger partial charge in [0.1, 0.15) is 11.6 Å². The van der Waals surface area contributed by atoms with Crippen molar-refractivity contribution in [2.75, 3.05) is 11.8 Å². The van der Waals surface area contributed by atoms with E-state index < -0.39 is 27.4 Å². The van der Waals surface area contributed by atoms with Gasteiger partial charge in [0.05, 0.1) is 18.4 Å². The lowest BCUT2D eigenvalue weighted by Crippen LogP contribution is -2.16. The molecule has 36 heavy (non-hydrogen) atoms. The molecule has 4 rings (SSSR count). The van der Waals surface area contributed by atoms with Crippen LogP contribution < -0.4 is 9.46 Å². The van der Waals surface area contributed by atoms with Crippen molar-refractivity contribution in [3.8, 4) is 16.9 Å². The third-order valence-corrected chi connectivity index (χ3v) is 8.18. The Kier molecular flexibility index (Phi) is 7.59. The lowest BCUT2D eigenvalue weighted by molar-refractivity contribution is 0.0691. The number of carboxylic acid groups (broad SMARTS) is 1. The monoisotopic (exact) mass is 512 g/mol. The summed E-state index contributed by atoms with van der Waals surface area (Å²) in [5.41, 5.74) is 1.97. The summed E-state index contributed by atoms with van der Waals surface area (Å²) in [7, 11) is -2.98. The minimum absolute atomic E-state index is 0.128. The van der Waals surface area contributed by atoms with Gasteiger partial charge in [-0.05, 0) is 72.4 Å². The highest BCUT2D eigenvalue weighted by atomic mass is 32.2. The lowest BCUT2D eigenvalue weighted by atomic mass is 9.78. The Balaban J connectivity index is 1.55. The molecular formula is C27H29FN2O5S. The van der Waals surface area contributed by atoms with Crippen LogP contribution in [0.1, 0.15) is 60.9 Å². The van der Waals surface area contributed by atoms with Crippen molar-refractivity contribution in [2.24, 2.45) is 5.92 Å². The van der Waals surface area contributed by atoms with Crippen molar-refractivity contribution >= 4 is 21.7 Å². The highest BCUT2D eigenvalue weighted by Gasteiger charge is 2.23. The van der Waals surface area contributed by atoms with Gasteiger partial charge >= 0.3 is 5.97 Å². The highest BCUT2D eigenvalue weighted by molar-refractivity contribution is 7.92. The largest absolute Gasteiger partial charge is 0.495 e. The van der Waals surface area contributed by atoms with Gasteiger partial charge in [0.25, 0.3) is 10.0 Å². The number of nitrogens with one attached hydrogen (secondary N) is 1. The Bertz CT molecular complexity index is 1350. The maximum atomic E-state index is 14.2. The van der Waals surface area contributed by atoms with Crippen LogP contribution in [0.5, 0.6) is 5.75 Å². The average Bonchev–Trinajstić information content (AvgIpc) is 2.88. The first-order valence-corrected chi connectivity index (χ1v) is 13.4. The minimum Gasteiger partial charge on any atom is -0.495 e. The second-order valence-electron chi connectivity index (χ2n) is 9.07. The Labute approximate surface area is 210 Å². The summed E-state index contributed by atoms with van der Waals surface area (Å²) in [6.07, 6.45) is 7.54. The Hall–Kier alpha value is -3.46. The fraction of sp³-hybridized carbons (Fsp3) is 0.333. The molecule has 0 spiro atoms. The van der Waals surface area contributed by atoms with Gasteiger partial charge in [0.2, 0.25) is 0 Å². The van der Waals surface area contributed by atoms with E-state index in [1.165, 1.54) is 57.0 Å². The molecule has 190 valence electrons. The van der Waals surface area contributed by atoms with Crippen LogP contribution in [0.25, 0.3) is 11.1 Å². The maximum Gasteiger partial charge on any atom is 0.338 e. The van der Waals surface area contributed by atoms with Gasteiger partial charge in [-0.1, -0.05) is 37.6 Å². The van der Waals surface area contributed by atoms with Crippen molar-refractivity contribution in [2.45, 2.75) is 50.0 Å². The van der Waals surface area contributed by atoms with Gasteiger partial charge in [-0.25, -0.2) is 14.2 Å². The van der Waals surface area contributed by atoms with Crippen LogP contribution in [0, 0.1) is 11.7 Å². The number of hydrogen-bond acceptors (Lipinski definition) is 5. The smallest absolute Gasteiger partial charge is 0.338 e. The summed E-state index contributed by atoms with van der Waals surface area (Å²) >= 11 is 0. The number of halogens is 1. The molecule has 1 aliphatic rings. The molecule has 0 aliphatic heterocycles. The fourth-order valence-electron chi connectivity index (χ4n) is 4.75. The van der Waals surface area contributed by atoms with Crippen LogP contribution in [0.3, 0.4) is 0 Å². The number of rotatable bonds is 8. The number of aromatic nitrogens is 1. The Morgan fingerprint density at radius 2 is 1.78 bits per heavy atom. The van der Waals surface area contributed by atoms with E-state index in [1.807, 2.05) is 12.1 Å².